The molecule has 9 heteroatoms. The van der Waals surface area contributed by atoms with Gasteiger partial charge < -0.3 is 43.0 Å². The van der Waals surface area contributed by atoms with E-state index in [-0.39, 0.29) is 6.61 Å². The molecule has 0 bridgehead atoms. The highest BCUT2D eigenvalue weighted by molar-refractivity contribution is 5.15. The third-order valence-electron chi connectivity index (χ3n) is 8.14. The summed E-state index contributed by atoms with van der Waals surface area (Å²) in [5.41, 5.74) is 3.09. The van der Waals surface area contributed by atoms with Crippen molar-refractivity contribution in [2.45, 2.75) is 102 Å². The van der Waals surface area contributed by atoms with E-state index in [0.717, 1.165) is 16.7 Å². The fraction of sp³-hybridized carbons (Fsp3) is 0.486. The van der Waals surface area contributed by atoms with Crippen molar-refractivity contribution in [2.75, 3.05) is 6.61 Å². The first-order valence-corrected chi connectivity index (χ1v) is 15.3. The molecule has 44 heavy (non-hydrogen) atoms. The van der Waals surface area contributed by atoms with Gasteiger partial charge in [0.15, 0.2) is 18.4 Å². The Kier molecular flexibility index (Phi) is 10.1. The smallest absolute Gasteiger partial charge is 0.187 e. The Hall–Kier alpha value is -2.70. The predicted octanol–water partition coefficient (Wildman–Crippen LogP) is 4.74. The van der Waals surface area contributed by atoms with Crippen LogP contribution in [0.5, 0.6) is 0 Å². The second kappa shape index (κ2) is 14.2. The molecular weight excluding hydrogens is 564 g/mol. The van der Waals surface area contributed by atoms with Gasteiger partial charge in [-0.1, -0.05) is 91.0 Å². The Morgan fingerprint density at radius 3 is 1.75 bits per heavy atom. The molecule has 3 aliphatic heterocycles. The van der Waals surface area contributed by atoms with Gasteiger partial charge in [-0.15, -0.1) is 0 Å². The zero-order valence-corrected chi connectivity index (χ0v) is 25.4. The van der Waals surface area contributed by atoms with Crippen LogP contribution < -0.4 is 0 Å². The highest BCUT2D eigenvalue weighted by Gasteiger charge is 2.56. The van der Waals surface area contributed by atoms with Gasteiger partial charge in [-0.3, -0.25) is 0 Å². The number of aliphatic hydroxyl groups is 1. The summed E-state index contributed by atoms with van der Waals surface area (Å²) in [7, 11) is 0. The average molecular weight is 607 g/mol. The van der Waals surface area contributed by atoms with E-state index < -0.39 is 61.1 Å². The van der Waals surface area contributed by atoms with Crippen molar-refractivity contribution in [3.8, 4) is 0 Å². The summed E-state index contributed by atoms with van der Waals surface area (Å²) >= 11 is 0. The van der Waals surface area contributed by atoms with Crippen LogP contribution in [0.2, 0.25) is 0 Å². The third-order valence-corrected chi connectivity index (χ3v) is 8.14. The van der Waals surface area contributed by atoms with E-state index in [1.807, 2.05) is 112 Å². The molecule has 0 amide bonds. The monoisotopic (exact) mass is 606 g/mol. The highest BCUT2D eigenvalue weighted by atomic mass is 16.8. The molecule has 3 aromatic rings. The molecule has 3 aromatic carbocycles. The minimum Gasteiger partial charge on any atom is -0.368 e. The average Bonchev–Trinajstić information content (AvgIpc) is 3.37. The Bertz CT molecular complexity index is 1290. The Balaban J connectivity index is 1.26. The lowest BCUT2D eigenvalue weighted by molar-refractivity contribution is -0.339. The molecule has 3 heterocycles. The summed E-state index contributed by atoms with van der Waals surface area (Å²) in [6, 6.07) is 30.0. The van der Waals surface area contributed by atoms with Gasteiger partial charge in [-0.05, 0) is 37.5 Å². The van der Waals surface area contributed by atoms with Crippen molar-refractivity contribution in [2.24, 2.45) is 0 Å². The number of benzene rings is 3. The molecule has 0 spiro atoms. The van der Waals surface area contributed by atoms with E-state index in [1.165, 1.54) is 0 Å². The van der Waals surface area contributed by atoms with Gasteiger partial charge in [-0.25, -0.2) is 0 Å². The van der Waals surface area contributed by atoms with Gasteiger partial charge >= 0.3 is 0 Å². The summed E-state index contributed by atoms with van der Waals surface area (Å²) in [6.45, 7) is 6.77. The number of aliphatic hydroxyl groups excluding tert-OH is 1. The lowest BCUT2D eigenvalue weighted by Crippen LogP contribution is -2.61. The van der Waals surface area contributed by atoms with Crippen LogP contribution in [0.4, 0.5) is 0 Å². The van der Waals surface area contributed by atoms with Crippen molar-refractivity contribution in [3.63, 3.8) is 0 Å². The first-order chi connectivity index (χ1) is 21.4. The first-order valence-electron chi connectivity index (χ1n) is 15.3. The molecule has 236 valence electrons. The number of fused-ring (bicyclic) bond motifs is 1. The topological polar surface area (TPSA) is 94.1 Å². The summed E-state index contributed by atoms with van der Waals surface area (Å²) in [4.78, 5) is 0. The van der Waals surface area contributed by atoms with Crippen LogP contribution in [0.25, 0.3) is 0 Å². The molecule has 3 saturated heterocycles. The maximum atomic E-state index is 10.6. The van der Waals surface area contributed by atoms with Crippen LogP contribution in [-0.2, 0) is 57.7 Å². The van der Waals surface area contributed by atoms with Crippen molar-refractivity contribution in [1.29, 1.82) is 0 Å². The lowest BCUT2D eigenvalue weighted by Gasteiger charge is -2.45. The Labute approximate surface area is 258 Å². The van der Waals surface area contributed by atoms with E-state index in [9.17, 15) is 5.11 Å². The van der Waals surface area contributed by atoms with Crippen LogP contribution in [-0.4, -0.2) is 72.8 Å². The van der Waals surface area contributed by atoms with Crippen LogP contribution >= 0.6 is 0 Å². The molecule has 0 saturated carbocycles. The summed E-state index contributed by atoms with van der Waals surface area (Å²) in [6.07, 6.45) is -5.97. The van der Waals surface area contributed by atoms with Gasteiger partial charge in [0.05, 0.1) is 32.5 Å². The predicted molar refractivity (Wildman–Crippen MR) is 160 cm³/mol. The Morgan fingerprint density at radius 2 is 1.18 bits per heavy atom. The molecule has 9 nitrogen and oxygen atoms in total. The molecule has 0 aromatic heterocycles. The fourth-order valence-corrected chi connectivity index (χ4v) is 5.97. The molecular formula is C35H42O9. The molecule has 3 fully saturated rings. The van der Waals surface area contributed by atoms with Gasteiger partial charge in [0.1, 0.15) is 36.6 Å². The van der Waals surface area contributed by atoms with Crippen molar-refractivity contribution in [3.05, 3.63) is 108 Å². The third kappa shape index (κ3) is 7.56. The molecule has 9 atom stereocenters. The second-order valence-corrected chi connectivity index (χ2v) is 12.0. The van der Waals surface area contributed by atoms with Crippen molar-refractivity contribution >= 4 is 0 Å². The summed E-state index contributed by atoms with van der Waals surface area (Å²) in [5.74, 6) is -0.903. The molecule has 0 radical (unpaired) electrons. The van der Waals surface area contributed by atoms with E-state index in [2.05, 4.69) is 0 Å². The van der Waals surface area contributed by atoms with Crippen LogP contribution in [0, 0.1) is 0 Å². The van der Waals surface area contributed by atoms with Crippen molar-refractivity contribution in [1.82, 2.24) is 0 Å². The second-order valence-electron chi connectivity index (χ2n) is 12.0. The zero-order valence-electron chi connectivity index (χ0n) is 25.4. The summed E-state index contributed by atoms with van der Waals surface area (Å²) < 4.78 is 50.7. The standard InChI is InChI=1S/C35H42O9/c1-23-28(30-31(33(36)41-23)44-35(2,3)43-30)42-34-32(39-21-26-17-11-6-12-18-26)29(38-20-25-15-9-5-10-16-25)27(22-40-34)37-19-24-13-7-4-8-14-24/h4-18,23,27-34,36H,19-22H2,1-3H3/t23-,27-,28+,29?,30?,31?,32?,33-,34+/m1/s1. The van der Waals surface area contributed by atoms with E-state index in [1.54, 1.807) is 0 Å². The van der Waals surface area contributed by atoms with Gasteiger partial charge in [0, 0.05) is 0 Å². The van der Waals surface area contributed by atoms with E-state index >= 15 is 0 Å². The van der Waals surface area contributed by atoms with Gasteiger partial charge in [0.25, 0.3) is 0 Å². The quantitative estimate of drug-likeness (QED) is 0.332. The normalized spacial score (nSPS) is 33.1. The van der Waals surface area contributed by atoms with Crippen LogP contribution in [0.3, 0.4) is 0 Å². The molecule has 3 aliphatic rings. The minimum atomic E-state index is -1.13. The van der Waals surface area contributed by atoms with Crippen LogP contribution in [0.15, 0.2) is 91.0 Å². The minimum absolute atomic E-state index is 0.226. The Morgan fingerprint density at radius 1 is 0.682 bits per heavy atom. The maximum Gasteiger partial charge on any atom is 0.187 e. The maximum absolute atomic E-state index is 10.6. The lowest BCUT2D eigenvalue weighted by atomic mass is 9.99. The number of rotatable bonds is 11. The SMILES string of the molecule is C[C@H]1O[C@@H](O)C2OC(C)(C)OC2[C@H]1O[C@@H]1OC[C@@H](OCc2ccccc2)C(OCc2ccccc2)C1OCc1ccccc1. The van der Waals surface area contributed by atoms with Gasteiger partial charge in [0.2, 0.25) is 0 Å². The molecule has 1 N–H and O–H groups in total. The molecule has 4 unspecified atom stereocenters. The zero-order chi connectivity index (χ0) is 30.5. The highest BCUT2D eigenvalue weighted by Crippen LogP contribution is 2.39. The fourth-order valence-electron chi connectivity index (χ4n) is 5.97. The van der Waals surface area contributed by atoms with E-state index in [0.29, 0.717) is 19.8 Å². The molecule has 0 aliphatic carbocycles. The summed E-state index contributed by atoms with van der Waals surface area (Å²) in [5, 5.41) is 10.6. The molecule has 6 rings (SSSR count). The number of hydrogen-bond acceptors (Lipinski definition) is 9. The number of hydrogen-bond donors (Lipinski definition) is 1. The van der Waals surface area contributed by atoms with E-state index in [4.69, 9.17) is 37.9 Å². The van der Waals surface area contributed by atoms with Crippen LogP contribution in [0.1, 0.15) is 37.5 Å². The van der Waals surface area contributed by atoms with Crippen molar-refractivity contribution < 1.29 is 43.0 Å². The largest absolute Gasteiger partial charge is 0.368 e. The van der Waals surface area contributed by atoms with Gasteiger partial charge in [-0.2, -0.15) is 0 Å². The number of ether oxygens (including phenoxy) is 8. The first kappa shape index (κ1) is 31.3.